The summed E-state index contributed by atoms with van der Waals surface area (Å²) < 4.78 is 2.14. The molecule has 1 aliphatic rings. The van der Waals surface area contributed by atoms with Crippen molar-refractivity contribution in [2.75, 3.05) is 5.32 Å². The fourth-order valence-corrected chi connectivity index (χ4v) is 2.88. The van der Waals surface area contributed by atoms with Crippen LogP contribution in [0.4, 0.5) is 5.82 Å². The van der Waals surface area contributed by atoms with Gasteiger partial charge >= 0.3 is 0 Å². The van der Waals surface area contributed by atoms with Crippen LogP contribution in [0, 0.1) is 0 Å². The maximum absolute atomic E-state index is 4.71. The molecule has 4 rings (SSSR count). The van der Waals surface area contributed by atoms with E-state index in [-0.39, 0.29) is 6.04 Å². The maximum Gasteiger partial charge on any atom is 0.180 e. The molecule has 6 heteroatoms. The van der Waals surface area contributed by atoms with Gasteiger partial charge in [-0.15, -0.1) is 0 Å². The van der Waals surface area contributed by atoms with Crippen LogP contribution < -0.4 is 5.32 Å². The number of hydrogen-bond donors (Lipinski definition) is 1. The average Bonchev–Trinajstić information content (AvgIpc) is 2.99. The lowest BCUT2D eigenvalue weighted by Gasteiger charge is -2.13. The molecule has 1 unspecified atom stereocenters. The molecule has 0 saturated heterocycles. The Kier molecular flexibility index (Phi) is 3.21. The molecule has 6 nitrogen and oxygen atoms in total. The average molecular weight is 294 g/mol. The maximum atomic E-state index is 4.71. The third-order valence-electron chi connectivity index (χ3n) is 4.07. The Labute approximate surface area is 128 Å². The Morgan fingerprint density at radius 2 is 2.09 bits per heavy atom. The number of rotatable bonds is 3. The Morgan fingerprint density at radius 1 is 1.18 bits per heavy atom. The summed E-state index contributed by atoms with van der Waals surface area (Å²) in [4.78, 5) is 13.0. The Balaban J connectivity index is 1.57. The predicted molar refractivity (Wildman–Crippen MR) is 84.5 cm³/mol. The topological polar surface area (TPSA) is 68.5 Å². The summed E-state index contributed by atoms with van der Waals surface area (Å²) in [5.74, 6) is 0.798. The van der Waals surface area contributed by atoms with Crippen LogP contribution in [0.3, 0.4) is 0 Å². The van der Waals surface area contributed by atoms with E-state index in [0.29, 0.717) is 5.65 Å². The van der Waals surface area contributed by atoms with Gasteiger partial charge < -0.3 is 5.32 Å². The van der Waals surface area contributed by atoms with Crippen molar-refractivity contribution >= 4 is 17.0 Å². The van der Waals surface area contributed by atoms with E-state index in [9.17, 15) is 0 Å². The first-order valence-corrected chi connectivity index (χ1v) is 7.70. The minimum Gasteiger partial charge on any atom is -0.362 e. The second kappa shape index (κ2) is 5.36. The van der Waals surface area contributed by atoms with Gasteiger partial charge in [-0.25, -0.2) is 9.97 Å². The number of aromatic nitrogens is 5. The molecule has 3 aromatic heterocycles. The summed E-state index contributed by atoms with van der Waals surface area (Å²) in [6, 6.07) is 6.18. The number of fused-ring (bicyclic) bond motifs is 2. The van der Waals surface area contributed by atoms with Crippen molar-refractivity contribution in [3.05, 3.63) is 42.0 Å². The van der Waals surface area contributed by atoms with Crippen LogP contribution in [0.2, 0.25) is 0 Å². The molecule has 0 aliphatic carbocycles. The van der Waals surface area contributed by atoms with Crippen LogP contribution in [-0.4, -0.2) is 24.7 Å². The van der Waals surface area contributed by atoms with Crippen LogP contribution >= 0.6 is 0 Å². The Hall–Kier alpha value is -2.50. The van der Waals surface area contributed by atoms with E-state index in [2.05, 4.69) is 37.9 Å². The minimum absolute atomic E-state index is 0.111. The van der Waals surface area contributed by atoms with Gasteiger partial charge in [-0.05, 0) is 44.4 Å². The first kappa shape index (κ1) is 13.2. The lowest BCUT2D eigenvalue weighted by molar-refractivity contribution is 0.482. The summed E-state index contributed by atoms with van der Waals surface area (Å²) in [6.45, 7) is 3.14. The summed E-state index contributed by atoms with van der Waals surface area (Å²) in [6.07, 6.45) is 6.95. The van der Waals surface area contributed by atoms with Crippen molar-refractivity contribution in [3.8, 4) is 0 Å². The van der Waals surface area contributed by atoms with Crippen LogP contribution in [-0.2, 0) is 13.0 Å². The number of anilines is 1. The summed E-state index contributed by atoms with van der Waals surface area (Å²) in [7, 11) is 0. The van der Waals surface area contributed by atoms with Gasteiger partial charge in [0.05, 0.1) is 11.7 Å². The first-order valence-electron chi connectivity index (χ1n) is 7.70. The molecule has 4 heterocycles. The highest BCUT2D eigenvalue weighted by atomic mass is 15.3. The lowest BCUT2D eigenvalue weighted by atomic mass is 10.1. The molecule has 0 aromatic carbocycles. The molecule has 3 aromatic rings. The normalized spacial score (nSPS) is 15.5. The highest BCUT2D eigenvalue weighted by molar-refractivity contribution is 5.71. The van der Waals surface area contributed by atoms with Gasteiger partial charge in [0.15, 0.2) is 5.65 Å². The number of nitrogens with zero attached hydrogens (tertiary/aromatic N) is 5. The highest BCUT2D eigenvalue weighted by Gasteiger charge is 2.16. The molecule has 0 bridgehead atoms. The van der Waals surface area contributed by atoms with Crippen molar-refractivity contribution in [3.63, 3.8) is 0 Å². The molecule has 0 fully saturated rings. The van der Waals surface area contributed by atoms with Crippen LogP contribution in [0.1, 0.15) is 37.2 Å². The zero-order valence-electron chi connectivity index (χ0n) is 12.5. The SMILES string of the molecule is CC(Nc1ccc2nccnc2n1)c1cc2n(n1)CCCC2. The third kappa shape index (κ3) is 2.41. The summed E-state index contributed by atoms with van der Waals surface area (Å²) >= 11 is 0. The van der Waals surface area contributed by atoms with E-state index in [4.69, 9.17) is 5.10 Å². The van der Waals surface area contributed by atoms with Crippen molar-refractivity contribution < 1.29 is 0 Å². The summed E-state index contributed by atoms with van der Waals surface area (Å²) in [5, 5.41) is 8.11. The van der Waals surface area contributed by atoms with Crippen LogP contribution in [0.25, 0.3) is 11.2 Å². The Morgan fingerprint density at radius 3 is 3.00 bits per heavy atom. The van der Waals surface area contributed by atoms with E-state index < -0.39 is 0 Å². The monoisotopic (exact) mass is 294 g/mol. The summed E-state index contributed by atoms with van der Waals surface area (Å²) in [5.41, 5.74) is 3.87. The first-order chi connectivity index (χ1) is 10.8. The van der Waals surface area contributed by atoms with Gasteiger partial charge in [0, 0.05) is 24.6 Å². The molecule has 0 saturated carbocycles. The van der Waals surface area contributed by atoms with Gasteiger partial charge in [0.1, 0.15) is 11.3 Å². The fourth-order valence-electron chi connectivity index (χ4n) is 2.88. The van der Waals surface area contributed by atoms with Gasteiger partial charge in [0.2, 0.25) is 0 Å². The second-order valence-electron chi connectivity index (χ2n) is 5.70. The molecule has 0 amide bonds. The minimum atomic E-state index is 0.111. The van der Waals surface area contributed by atoms with E-state index >= 15 is 0 Å². The van der Waals surface area contributed by atoms with Crippen LogP contribution in [0.15, 0.2) is 30.6 Å². The molecule has 0 spiro atoms. The standard InChI is InChI=1S/C16H18N6/c1-11(14-10-12-4-2-3-9-22(12)21-14)19-15-6-5-13-16(20-15)18-8-7-17-13/h5-8,10-11H,2-4,9H2,1H3,(H,18,19,20). The number of aryl methyl sites for hydroxylation is 2. The van der Waals surface area contributed by atoms with Crippen molar-refractivity contribution in [1.29, 1.82) is 0 Å². The van der Waals surface area contributed by atoms with Gasteiger partial charge in [-0.2, -0.15) is 5.10 Å². The second-order valence-corrected chi connectivity index (χ2v) is 5.70. The number of pyridine rings is 1. The smallest absolute Gasteiger partial charge is 0.180 e. The quantitative estimate of drug-likeness (QED) is 0.804. The van der Waals surface area contributed by atoms with E-state index in [1.165, 1.54) is 18.5 Å². The van der Waals surface area contributed by atoms with Gasteiger partial charge in [-0.1, -0.05) is 0 Å². The molecule has 112 valence electrons. The third-order valence-corrected chi connectivity index (χ3v) is 4.07. The largest absolute Gasteiger partial charge is 0.362 e. The van der Waals surface area contributed by atoms with E-state index in [0.717, 1.165) is 30.0 Å². The van der Waals surface area contributed by atoms with Crippen molar-refractivity contribution in [2.24, 2.45) is 0 Å². The molecule has 1 N–H and O–H groups in total. The zero-order valence-corrected chi connectivity index (χ0v) is 12.5. The van der Waals surface area contributed by atoms with Crippen LogP contribution in [0.5, 0.6) is 0 Å². The highest BCUT2D eigenvalue weighted by Crippen LogP contribution is 2.22. The van der Waals surface area contributed by atoms with Gasteiger partial charge in [0.25, 0.3) is 0 Å². The molecule has 22 heavy (non-hydrogen) atoms. The zero-order chi connectivity index (χ0) is 14.9. The molecule has 0 radical (unpaired) electrons. The van der Waals surface area contributed by atoms with Crippen molar-refractivity contribution in [1.82, 2.24) is 24.7 Å². The Bertz CT molecular complexity index is 786. The number of hydrogen-bond acceptors (Lipinski definition) is 5. The lowest BCUT2D eigenvalue weighted by Crippen LogP contribution is -2.12. The molecule has 1 aliphatic heterocycles. The molecule has 1 atom stereocenters. The molecular weight excluding hydrogens is 276 g/mol. The number of nitrogens with one attached hydrogen (secondary N) is 1. The van der Waals surface area contributed by atoms with E-state index in [1.54, 1.807) is 12.4 Å². The predicted octanol–water partition coefficient (Wildman–Crippen LogP) is 2.73. The van der Waals surface area contributed by atoms with Gasteiger partial charge in [-0.3, -0.25) is 9.67 Å². The van der Waals surface area contributed by atoms with Crippen molar-refractivity contribution in [2.45, 2.75) is 38.8 Å². The molecular formula is C16H18N6. The fraction of sp³-hybridized carbons (Fsp3) is 0.375. The van der Waals surface area contributed by atoms with E-state index in [1.807, 2.05) is 12.1 Å².